The molecule has 0 radical (unpaired) electrons. The van der Waals surface area contributed by atoms with E-state index in [0.717, 1.165) is 17.0 Å². The standard InChI is InChI=1S/C25H16ClF2N7O4S/c1-40(38,39)16-10-11-18(30-13-16)22-31-32-23(35(22)19-5-3-2-4-17(19)26)20(27)21(28)25(37)34-33-24(36)15-8-6-14(12-29)7-9-15/h2-11,13H,1H3,(H,33,36)(H,34,37)/b21-20+. The van der Waals surface area contributed by atoms with Gasteiger partial charge in [0.05, 0.1) is 27.2 Å². The summed E-state index contributed by atoms with van der Waals surface area (Å²) in [4.78, 5) is 28.5. The van der Waals surface area contributed by atoms with Gasteiger partial charge >= 0.3 is 5.91 Å². The first-order chi connectivity index (χ1) is 19.0. The monoisotopic (exact) mass is 583 g/mol. The van der Waals surface area contributed by atoms with Crippen LogP contribution in [-0.4, -0.2) is 46.2 Å². The predicted molar refractivity (Wildman–Crippen MR) is 139 cm³/mol. The van der Waals surface area contributed by atoms with Crippen molar-refractivity contribution in [3.05, 3.63) is 94.7 Å². The highest BCUT2D eigenvalue weighted by molar-refractivity contribution is 7.90. The highest BCUT2D eigenvalue weighted by Crippen LogP contribution is 2.31. The van der Waals surface area contributed by atoms with Crippen LogP contribution < -0.4 is 10.9 Å². The zero-order chi connectivity index (χ0) is 29.0. The van der Waals surface area contributed by atoms with Crippen LogP contribution in [0.4, 0.5) is 8.78 Å². The number of para-hydroxylation sites is 1. The van der Waals surface area contributed by atoms with Crippen LogP contribution in [0.1, 0.15) is 21.7 Å². The summed E-state index contributed by atoms with van der Waals surface area (Å²) < 4.78 is 54.9. The van der Waals surface area contributed by atoms with Crippen LogP contribution in [0.3, 0.4) is 0 Å². The average molecular weight is 584 g/mol. The number of nitriles is 1. The largest absolute Gasteiger partial charge is 0.301 e. The van der Waals surface area contributed by atoms with E-state index in [-0.39, 0.29) is 32.7 Å². The maximum absolute atomic E-state index is 15.4. The molecule has 2 aromatic heterocycles. The number of hydrogen-bond donors (Lipinski definition) is 2. The van der Waals surface area contributed by atoms with Crippen LogP contribution in [0.2, 0.25) is 5.02 Å². The fourth-order valence-electron chi connectivity index (χ4n) is 3.32. The number of pyridine rings is 1. The molecular formula is C25H16ClF2N7O4S. The number of hydrazine groups is 1. The number of hydrogen-bond acceptors (Lipinski definition) is 8. The van der Waals surface area contributed by atoms with Gasteiger partial charge in [-0.1, -0.05) is 23.7 Å². The molecule has 0 aliphatic carbocycles. The second-order valence-corrected chi connectivity index (χ2v) is 10.4. The summed E-state index contributed by atoms with van der Waals surface area (Å²) in [6.07, 6.45) is 2.06. The molecule has 2 heterocycles. The summed E-state index contributed by atoms with van der Waals surface area (Å²) in [5, 5.41) is 16.5. The molecule has 0 bridgehead atoms. The van der Waals surface area contributed by atoms with Crippen molar-refractivity contribution in [3.63, 3.8) is 0 Å². The Labute approximate surface area is 230 Å². The summed E-state index contributed by atoms with van der Waals surface area (Å²) in [5.41, 5.74) is 4.18. The third-order valence-corrected chi connectivity index (χ3v) is 6.72. The molecule has 0 unspecified atom stereocenters. The minimum atomic E-state index is -3.56. The lowest BCUT2D eigenvalue weighted by atomic mass is 10.1. The normalized spacial score (nSPS) is 11.8. The van der Waals surface area contributed by atoms with Crippen LogP contribution in [0.25, 0.3) is 23.0 Å². The Morgan fingerprint density at radius 3 is 2.30 bits per heavy atom. The molecule has 2 aromatic carbocycles. The number of halogens is 3. The number of amides is 2. The van der Waals surface area contributed by atoms with Gasteiger partial charge in [0.25, 0.3) is 5.91 Å². The molecule has 15 heteroatoms. The number of sulfone groups is 1. The van der Waals surface area contributed by atoms with Crippen molar-refractivity contribution < 1.29 is 26.8 Å². The van der Waals surface area contributed by atoms with Gasteiger partial charge in [-0.25, -0.2) is 8.42 Å². The number of benzene rings is 2. The molecule has 202 valence electrons. The molecule has 0 saturated heterocycles. The Bertz CT molecular complexity index is 1800. The number of carbonyl (C=O) groups is 2. The Morgan fingerprint density at radius 2 is 1.70 bits per heavy atom. The summed E-state index contributed by atoms with van der Waals surface area (Å²) >= 11 is 6.29. The van der Waals surface area contributed by atoms with Crippen LogP contribution >= 0.6 is 11.6 Å². The Kier molecular flexibility index (Phi) is 7.98. The number of rotatable bonds is 6. The second kappa shape index (κ2) is 11.4. The molecule has 0 fully saturated rings. The maximum Gasteiger partial charge on any atom is 0.301 e. The van der Waals surface area contributed by atoms with Crippen molar-refractivity contribution in [2.45, 2.75) is 4.90 Å². The van der Waals surface area contributed by atoms with Gasteiger partial charge in [0.15, 0.2) is 15.7 Å². The number of carbonyl (C=O) groups excluding carboxylic acids is 2. The van der Waals surface area contributed by atoms with Gasteiger partial charge in [-0.2, -0.15) is 14.0 Å². The number of aromatic nitrogens is 4. The summed E-state index contributed by atoms with van der Waals surface area (Å²) in [6.45, 7) is 0. The fourth-order valence-corrected chi connectivity index (χ4v) is 4.10. The van der Waals surface area contributed by atoms with E-state index >= 15 is 4.39 Å². The van der Waals surface area contributed by atoms with Gasteiger partial charge in [-0.15, -0.1) is 10.2 Å². The van der Waals surface area contributed by atoms with Crippen molar-refractivity contribution in [3.8, 4) is 23.3 Å². The van der Waals surface area contributed by atoms with E-state index in [1.165, 1.54) is 48.5 Å². The molecule has 0 saturated carbocycles. The van der Waals surface area contributed by atoms with Crippen LogP contribution in [0, 0.1) is 11.3 Å². The highest BCUT2D eigenvalue weighted by atomic mass is 35.5. The average Bonchev–Trinajstić information content (AvgIpc) is 3.39. The molecule has 2 amide bonds. The zero-order valence-electron chi connectivity index (χ0n) is 20.3. The predicted octanol–water partition coefficient (Wildman–Crippen LogP) is 3.33. The SMILES string of the molecule is CS(=O)(=O)c1ccc(-c2nnc(/C(F)=C(\F)C(=O)NNC(=O)c3ccc(C#N)cc3)n2-c2ccccc2Cl)nc1. The lowest BCUT2D eigenvalue weighted by Crippen LogP contribution is -2.42. The molecule has 0 aliphatic rings. The molecule has 40 heavy (non-hydrogen) atoms. The minimum absolute atomic E-state index is 0.0402. The minimum Gasteiger partial charge on any atom is -0.270 e. The van der Waals surface area contributed by atoms with E-state index < -0.39 is 39.1 Å². The van der Waals surface area contributed by atoms with Crippen molar-refractivity contribution in [2.24, 2.45) is 0 Å². The second-order valence-electron chi connectivity index (χ2n) is 8.01. The highest BCUT2D eigenvalue weighted by Gasteiger charge is 2.27. The first kappa shape index (κ1) is 28.0. The quantitative estimate of drug-likeness (QED) is 0.258. The molecule has 11 nitrogen and oxygen atoms in total. The number of nitrogens with one attached hydrogen (secondary N) is 2. The molecule has 0 spiro atoms. The summed E-state index contributed by atoms with van der Waals surface area (Å²) in [7, 11) is -3.56. The molecule has 4 rings (SSSR count). The van der Waals surface area contributed by atoms with Crippen LogP contribution in [-0.2, 0) is 14.6 Å². The summed E-state index contributed by atoms with van der Waals surface area (Å²) in [6, 6.07) is 15.8. The topological polar surface area (TPSA) is 160 Å². The van der Waals surface area contributed by atoms with Gasteiger partial charge in [-0.05, 0) is 48.5 Å². The van der Waals surface area contributed by atoms with E-state index in [1.54, 1.807) is 17.6 Å². The molecule has 0 atom stereocenters. The van der Waals surface area contributed by atoms with Crippen LogP contribution in [0.15, 0.2) is 77.6 Å². The smallest absolute Gasteiger partial charge is 0.270 e. The third-order valence-electron chi connectivity index (χ3n) is 5.30. The van der Waals surface area contributed by atoms with Gasteiger partial charge in [0.2, 0.25) is 17.5 Å². The van der Waals surface area contributed by atoms with Crippen molar-refractivity contribution in [1.29, 1.82) is 5.26 Å². The Balaban J connectivity index is 1.68. The van der Waals surface area contributed by atoms with E-state index in [1.807, 2.05) is 11.5 Å². The number of nitrogens with zero attached hydrogens (tertiary/aromatic N) is 5. The molecule has 0 aliphatic heterocycles. The molecule has 4 aromatic rings. The molecular weight excluding hydrogens is 568 g/mol. The third kappa shape index (κ3) is 5.85. The van der Waals surface area contributed by atoms with Crippen molar-refractivity contribution >= 4 is 39.1 Å². The van der Waals surface area contributed by atoms with E-state index in [0.29, 0.717) is 5.56 Å². The molecule has 2 N–H and O–H groups in total. The van der Waals surface area contributed by atoms with Gasteiger partial charge in [-0.3, -0.25) is 30.0 Å². The van der Waals surface area contributed by atoms with Crippen LogP contribution in [0.5, 0.6) is 0 Å². The van der Waals surface area contributed by atoms with Gasteiger partial charge in [0.1, 0.15) is 5.69 Å². The lowest BCUT2D eigenvalue weighted by molar-refractivity contribution is -0.119. The van der Waals surface area contributed by atoms with Gasteiger partial charge < -0.3 is 0 Å². The zero-order valence-corrected chi connectivity index (χ0v) is 21.8. The van der Waals surface area contributed by atoms with E-state index in [2.05, 4.69) is 15.2 Å². The fraction of sp³-hybridized carbons (Fsp3) is 0.0400. The lowest BCUT2D eigenvalue weighted by Gasteiger charge is -2.12. The van der Waals surface area contributed by atoms with Gasteiger partial charge in [0, 0.05) is 18.0 Å². The first-order valence-corrected chi connectivity index (χ1v) is 13.3. The summed E-state index contributed by atoms with van der Waals surface area (Å²) in [5.74, 6) is -7.06. The van der Waals surface area contributed by atoms with E-state index in [9.17, 15) is 22.4 Å². The Hall–Kier alpha value is -5.00. The first-order valence-electron chi connectivity index (χ1n) is 11.0. The Morgan fingerprint density at radius 1 is 1.00 bits per heavy atom. The maximum atomic E-state index is 15.4. The van der Waals surface area contributed by atoms with Crippen molar-refractivity contribution in [1.82, 2.24) is 30.6 Å². The van der Waals surface area contributed by atoms with E-state index in [4.69, 9.17) is 16.9 Å². The van der Waals surface area contributed by atoms with Crippen molar-refractivity contribution in [2.75, 3.05) is 6.26 Å².